The molecule has 0 aromatic heterocycles. The van der Waals surface area contributed by atoms with Crippen LogP contribution in [0.2, 0.25) is 5.02 Å². The molecule has 1 saturated heterocycles. The summed E-state index contributed by atoms with van der Waals surface area (Å²) in [6.45, 7) is 10.7. The fourth-order valence-corrected chi connectivity index (χ4v) is 4.06. The first-order chi connectivity index (χ1) is 15.9. The molecule has 0 radical (unpaired) electrons. The fourth-order valence-electron chi connectivity index (χ4n) is 3.94. The van der Waals surface area contributed by atoms with Crippen molar-refractivity contribution in [1.29, 1.82) is 0 Å². The van der Waals surface area contributed by atoms with Gasteiger partial charge in [-0.05, 0) is 55.1 Å². The maximum Gasteiger partial charge on any atom is 0.295 e. The average Bonchev–Trinajstić information content (AvgIpc) is 3.08. The molecule has 1 heterocycles. The molecule has 1 N–H and O–H groups in total. The predicted molar refractivity (Wildman–Crippen MR) is 130 cm³/mol. The van der Waals surface area contributed by atoms with E-state index >= 15 is 0 Å². The van der Waals surface area contributed by atoms with Crippen LogP contribution in [0.3, 0.4) is 0 Å². The lowest BCUT2D eigenvalue weighted by atomic mass is 9.95. The molecule has 1 aliphatic rings. The topological polar surface area (TPSA) is 70.1 Å². The third-order valence-corrected chi connectivity index (χ3v) is 6.00. The number of aliphatic hydroxyl groups is 1. The van der Waals surface area contributed by atoms with E-state index in [4.69, 9.17) is 16.3 Å². The Balaban J connectivity index is 2.09. The van der Waals surface area contributed by atoms with Crippen LogP contribution in [-0.2, 0) is 9.59 Å². The highest BCUT2D eigenvalue weighted by atomic mass is 35.5. The van der Waals surface area contributed by atoms with Gasteiger partial charge in [0, 0.05) is 23.7 Å². The third-order valence-electron chi connectivity index (χ3n) is 5.75. The van der Waals surface area contributed by atoms with Crippen molar-refractivity contribution in [2.45, 2.75) is 19.9 Å². The van der Waals surface area contributed by atoms with Crippen LogP contribution in [0.5, 0.6) is 5.75 Å². The summed E-state index contributed by atoms with van der Waals surface area (Å²) in [7, 11) is 0. The lowest BCUT2D eigenvalue weighted by Crippen LogP contribution is -2.38. The van der Waals surface area contributed by atoms with E-state index in [0.29, 0.717) is 41.6 Å². The zero-order valence-corrected chi connectivity index (χ0v) is 19.7. The minimum atomic E-state index is -0.733. The smallest absolute Gasteiger partial charge is 0.295 e. The summed E-state index contributed by atoms with van der Waals surface area (Å²) < 4.78 is 5.66. The van der Waals surface area contributed by atoms with Gasteiger partial charge in [-0.3, -0.25) is 9.59 Å². The van der Waals surface area contributed by atoms with E-state index < -0.39 is 17.7 Å². The maximum absolute atomic E-state index is 13.1. The van der Waals surface area contributed by atoms with Gasteiger partial charge in [-0.1, -0.05) is 50.2 Å². The van der Waals surface area contributed by atoms with E-state index in [2.05, 4.69) is 25.3 Å². The summed E-state index contributed by atoms with van der Waals surface area (Å²) in [6.07, 6.45) is 1.64. The van der Waals surface area contributed by atoms with Gasteiger partial charge in [0.1, 0.15) is 18.1 Å². The van der Waals surface area contributed by atoms with E-state index in [1.54, 1.807) is 48.5 Å². The van der Waals surface area contributed by atoms with E-state index in [1.807, 2.05) is 6.07 Å². The summed E-state index contributed by atoms with van der Waals surface area (Å²) in [5, 5.41) is 11.6. The van der Waals surface area contributed by atoms with Gasteiger partial charge in [0.15, 0.2) is 0 Å². The summed E-state index contributed by atoms with van der Waals surface area (Å²) in [6, 6.07) is 13.0. The van der Waals surface area contributed by atoms with Crippen LogP contribution in [0.25, 0.3) is 5.76 Å². The number of ether oxygens (including phenoxy) is 1. The van der Waals surface area contributed by atoms with Crippen molar-refractivity contribution in [2.75, 3.05) is 32.8 Å². The predicted octanol–water partition coefficient (Wildman–Crippen LogP) is 4.67. The van der Waals surface area contributed by atoms with Crippen LogP contribution in [0.1, 0.15) is 31.0 Å². The molecule has 1 aliphatic heterocycles. The van der Waals surface area contributed by atoms with E-state index in [-0.39, 0.29) is 11.3 Å². The molecular weight excluding hydrogens is 440 g/mol. The molecule has 7 heteroatoms. The van der Waals surface area contributed by atoms with Crippen molar-refractivity contribution < 1.29 is 19.4 Å². The molecule has 3 rings (SSSR count). The van der Waals surface area contributed by atoms with Crippen molar-refractivity contribution in [3.8, 4) is 5.75 Å². The number of rotatable bonds is 10. The number of nitrogens with zero attached hydrogens (tertiary/aromatic N) is 2. The number of likely N-dealkylation sites (tertiary alicyclic amines) is 1. The van der Waals surface area contributed by atoms with Crippen molar-refractivity contribution >= 4 is 29.1 Å². The number of Topliss-reactive ketones (excluding diaryl/α,β-unsaturated/α-hetero) is 1. The molecule has 0 bridgehead atoms. The maximum atomic E-state index is 13.1. The summed E-state index contributed by atoms with van der Waals surface area (Å²) in [5.74, 6) is -0.963. The molecule has 174 valence electrons. The lowest BCUT2D eigenvalue weighted by molar-refractivity contribution is -0.140. The van der Waals surface area contributed by atoms with Gasteiger partial charge in [0.25, 0.3) is 11.7 Å². The van der Waals surface area contributed by atoms with Crippen molar-refractivity contribution in [3.05, 3.63) is 82.9 Å². The van der Waals surface area contributed by atoms with Gasteiger partial charge >= 0.3 is 0 Å². The zero-order valence-electron chi connectivity index (χ0n) is 19.0. The number of carbonyl (C=O) groups excluding carboxylic acids is 2. The van der Waals surface area contributed by atoms with Crippen LogP contribution in [0.4, 0.5) is 0 Å². The number of aliphatic hydroxyl groups excluding tert-OH is 1. The van der Waals surface area contributed by atoms with Gasteiger partial charge in [-0.25, -0.2) is 0 Å². The molecule has 0 saturated carbocycles. The first-order valence-corrected chi connectivity index (χ1v) is 11.4. The number of benzene rings is 2. The number of ketones is 1. The summed E-state index contributed by atoms with van der Waals surface area (Å²) >= 11 is 5.98. The number of hydrogen-bond acceptors (Lipinski definition) is 5. The largest absolute Gasteiger partial charge is 0.507 e. The molecule has 33 heavy (non-hydrogen) atoms. The van der Waals surface area contributed by atoms with Gasteiger partial charge < -0.3 is 19.6 Å². The molecule has 2 aromatic rings. The second-order valence-corrected chi connectivity index (χ2v) is 8.13. The Hall–Kier alpha value is -3.09. The Morgan fingerprint density at radius 3 is 2.52 bits per heavy atom. The number of halogens is 1. The van der Waals surface area contributed by atoms with Crippen molar-refractivity contribution in [3.63, 3.8) is 0 Å². The molecule has 1 amide bonds. The normalized spacial score (nSPS) is 17.6. The Labute approximate surface area is 199 Å². The second-order valence-electron chi connectivity index (χ2n) is 7.70. The average molecular weight is 469 g/mol. The van der Waals surface area contributed by atoms with Gasteiger partial charge in [-0.2, -0.15) is 0 Å². The Bertz CT molecular complexity index is 1040. The number of likely N-dealkylation sites (N-methyl/N-ethyl adjacent to an activating group) is 1. The number of amides is 1. The SMILES string of the molecule is C=CCOc1cccc([C@@H]2C(=C(O)c3ccc(Cl)cc3)C(=O)C(=O)N2CCN(CC)CC)c1. The van der Waals surface area contributed by atoms with Gasteiger partial charge in [-0.15, -0.1) is 0 Å². The minimum Gasteiger partial charge on any atom is -0.507 e. The highest BCUT2D eigenvalue weighted by molar-refractivity contribution is 6.46. The fraction of sp³-hybridized carbons (Fsp3) is 0.308. The van der Waals surface area contributed by atoms with E-state index in [9.17, 15) is 14.7 Å². The molecule has 1 fully saturated rings. The first kappa shape index (κ1) is 24.6. The number of carbonyl (C=O) groups is 2. The minimum absolute atomic E-state index is 0.0581. The Morgan fingerprint density at radius 2 is 1.88 bits per heavy atom. The molecule has 0 aliphatic carbocycles. The summed E-state index contributed by atoms with van der Waals surface area (Å²) in [4.78, 5) is 29.9. The highest BCUT2D eigenvalue weighted by Crippen LogP contribution is 2.40. The molecule has 2 aromatic carbocycles. The van der Waals surface area contributed by atoms with Crippen LogP contribution in [0.15, 0.2) is 66.8 Å². The highest BCUT2D eigenvalue weighted by Gasteiger charge is 2.46. The number of hydrogen-bond donors (Lipinski definition) is 1. The third kappa shape index (κ3) is 5.46. The van der Waals surface area contributed by atoms with Crippen molar-refractivity contribution in [1.82, 2.24) is 9.80 Å². The lowest BCUT2D eigenvalue weighted by Gasteiger charge is -2.28. The van der Waals surface area contributed by atoms with Crippen LogP contribution in [-0.4, -0.2) is 59.4 Å². The standard InChI is InChI=1S/C26H29ClN2O4/c1-4-16-33-21-9-7-8-19(17-21)23-22(24(30)18-10-12-20(27)13-11-18)25(31)26(32)29(23)15-14-28(5-2)6-3/h4,7-13,17,23,30H,1,5-6,14-16H2,2-3H3/t23-/m1/s1. The quantitative estimate of drug-likeness (QED) is 0.237. The molecular formula is C26H29ClN2O4. The van der Waals surface area contributed by atoms with E-state index in [1.165, 1.54) is 4.90 Å². The first-order valence-electron chi connectivity index (χ1n) is 11.0. The van der Waals surface area contributed by atoms with Gasteiger partial charge in [0.05, 0.1) is 11.6 Å². The van der Waals surface area contributed by atoms with E-state index in [0.717, 1.165) is 13.1 Å². The zero-order chi connectivity index (χ0) is 24.0. The van der Waals surface area contributed by atoms with Crippen molar-refractivity contribution in [2.24, 2.45) is 0 Å². The molecule has 0 unspecified atom stereocenters. The Kier molecular flexibility index (Phi) is 8.31. The van der Waals surface area contributed by atoms with Crippen LogP contribution >= 0.6 is 11.6 Å². The second kappa shape index (κ2) is 11.2. The van der Waals surface area contributed by atoms with Crippen LogP contribution < -0.4 is 4.74 Å². The molecule has 6 nitrogen and oxygen atoms in total. The monoisotopic (exact) mass is 468 g/mol. The molecule has 1 atom stereocenters. The van der Waals surface area contributed by atoms with Gasteiger partial charge in [0.2, 0.25) is 0 Å². The Morgan fingerprint density at radius 1 is 1.18 bits per heavy atom. The molecule has 0 spiro atoms. The van der Waals surface area contributed by atoms with Crippen LogP contribution in [0, 0.1) is 0 Å². The summed E-state index contributed by atoms with van der Waals surface area (Å²) in [5.41, 5.74) is 1.17.